The standard InChI is InChI=1S/C19H24N4O2/c24-19-22-9-8-21(7-5-18(22)20-23(19)13-14-1-2-14)12-15-3-4-17-16(11-15)6-10-25-17/h3-4,11,14H,1-2,5-10,12-13H2. The Labute approximate surface area is 147 Å². The maximum absolute atomic E-state index is 12.6. The summed E-state index contributed by atoms with van der Waals surface area (Å²) in [6.45, 7) is 5.13. The second-order valence-corrected chi connectivity index (χ2v) is 7.54. The van der Waals surface area contributed by atoms with Gasteiger partial charge in [0.2, 0.25) is 0 Å². The maximum atomic E-state index is 12.6. The van der Waals surface area contributed by atoms with Crippen LogP contribution < -0.4 is 10.4 Å². The van der Waals surface area contributed by atoms with Gasteiger partial charge in [0.1, 0.15) is 11.6 Å². The van der Waals surface area contributed by atoms with E-state index in [0.717, 1.165) is 63.7 Å². The Balaban J connectivity index is 1.28. The summed E-state index contributed by atoms with van der Waals surface area (Å²) in [4.78, 5) is 15.0. The molecule has 3 aliphatic rings. The Morgan fingerprint density at radius 2 is 2.08 bits per heavy atom. The molecule has 25 heavy (non-hydrogen) atoms. The molecule has 0 saturated heterocycles. The lowest BCUT2D eigenvalue weighted by atomic mass is 10.1. The van der Waals surface area contributed by atoms with Crippen LogP contribution >= 0.6 is 0 Å². The number of hydrogen-bond acceptors (Lipinski definition) is 4. The third kappa shape index (κ3) is 2.99. The van der Waals surface area contributed by atoms with Crippen molar-refractivity contribution in [1.82, 2.24) is 19.2 Å². The molecule has 132 valence electrons. The minimum Gasteiger partial charge on any atom is -0.493 e. The molecule has 0 N–H and O–H groups in total. The van der Waals surface area contributed by atoms with Gasteiger partial charge in [-0.15, -0.1) is 0 Å². The fourth-order valence-corrected chi connectivity index (χ4v) is 3.93. The number of benzene rings is 1. The van der Waals surface area contributed by atoms with Crippen LogP contribution in [0.15, 0.2) is 23.0 Å². The summed E-state index contributed by atoms with van der Waals surface area (Å²) < 4.78 is 9.17. The summed E-state index contributed by atoms with van der Waals surface area (Å²) in [7, 11) is 0. The highest BCUT2D eigenvalue weighted by Crippen LogP contribution is 2.30. The molecule has 2 aliphatic heterocycles. The molecule has 1 fully saturated rings. The predicted octanol–water partition coefficient (Wildman–Crippen LogP) is 1.45. The number of ether oxygens (including phenoxy) is 1. The largest absolute Gasteiger partial charge is 0.493 e. The Morgan fingerprint density at radius 3 is 2.96 bits per heavy atom. The lowest BCUT2D eigenvalue weighted by molar-refractivity contribution is 0.269. The second-order valence-electron chi connectivity index (χ2n) is 7.54. The third-order valence-electron chi connectivity index (χ3n) is 5.58. The van der Waals surface area contributed by atoms with Crippen molar-refractivity contribution < 1.29 is 4.74 Å². The van der Waals surface area contributed by atoms with E-state index in [2.05, 4.69) is 28.2 Å². The lowest BCUT2D eigenvalue weighted by Gasteiger charge is -2.19. The molecule has 5 rings (SSSR count). The Morgan fingerprint density at radius 1 is 1.16 bits per heavy atom. The van der Waals surface area contributed by atoms with Crippen molar-refractivity contribution in [1.29, 1.82) is 0 Å². The molecule has 1 aromatic carbocycles. The molecular formula is C19H24N4O2. The first kappa shape index (κ1) is 15.2. The summed E-state index contributed by atoms with van der Waals surface area (Å²) in [6, 6.07) is 6.53. The molecule has 0 unspecified atom stereocenters. The van der Waals surface area contributed by atoms with E-state index < -0.39 is 0 Å². The van der Waals surface area contributed by atoms with Crippen molar-refractivity contribution in [2.24, 2.45) is 5.92 Å². The van der Waals surface area contributed by atoms with Crippen LogP contribution in [0.4, 0.5) is 0 Å². The van der Waals surface area contributed by atoms with Gasteiger partial charge in [0, 0.05) is 45.6 Å². The SMILES string of the molecule is O=c1n(CC2CC2)nc2n1CCN(Cc1ccc3c(c1)CCO3)CC2. The molecule has 3 heterocycles. The molecule has 6 heteroatoms. The lowest BCUT2D eigenvalue weighted by Crippen LogP contribution is -2.30. The van der Waals surface area contributed by atoms with Gasteiger partial charge in [-0.1, -0.05) is 12.1 Å². The van der Waals surface area contributed by atoms with Gasteiger partial charge < -0.3 is 4.74 Å². The molecule has 0 bridgehead atoms. The molecule has 0 radical (unpaired) electrons. The summed E-state index contributed by atoms with van der Waals surface area (Å²) in [5.74, 6) is 2.67. The van der Waals surface area contributed by atoms with Crippen LogP contribution in [0.2, 0.25) is 0 Å². The zero-order chi connectivity index (χ0) is 16.8. The average molecular weight is 340 g/mol. The first-order valence-electron chi connectivity index (χ1n) is 9.40. The zero-order valence-electron chi connectivity index (χ0n) is 14.5. The van der Waals surface area contributed by atoms with Crippen molar-refractivity contribution in [3.05, 3.63) is 45.6 Å². The minimum absolute atomic E-state index is 0.0819. The predicted molar refractivity (Wildman–Crippen MR) is 93.8 cm³/mol. The van der Waals surface area contributed by atoms with E-state index >= 15 is 0 Å². The molecule has 0 amide bonds. The van der Waals surface area contributed by atoms with Crippen molar-refractivity contribution in [3.63, 3.8) is 0 Å². The highest BCUT2D eigenvalue weighted by atomic mass is 16.5. The maximum Gasteiger partial charge on any atom is 0.345 e. The summed E-state index contributed by atoms with van der Waals surface area (Å²) in [5.41, 5.74) is 2.73. The van der Waals surface area contributed by atoms with Gasteiger partial charge in [-0.05, 0) is 36.0 Å². The van der Waals surface area contributed by atoms with Crippen molar-refractivity contribution in [3.8, 4) is 5.75 Å². The third-order valence-corrected chi connectivity index (χ3v) is 5.58. The van der Waals surface area contributed by atoms with Crippen LogP contribution in [0.3, 0.4) is 0 Å². The fraction of sp³-hybridized carbons (Fsp3) is 0.579. The van der Waals surface area contributed by atoms with Crippen LogP contribution in [-0.4, -0.2) is 38.9 Å². The smallest absolute Gasteiger partial charge is 0.345 e. The fourth-order valence-electron chi connectivity index (χ4n) is 3.93. The van der Waals surface area contributed by atoms with E-state index in [1.165, 1.54) is 24.0 Å². The first-order valence-corrected chi connectivity index (χ1v) is 9.40. The summed E-state index contributed by atoms with van der Waals surface area (Å²) >= 11 is 0. The summed E-state index contributed by atoms with van der Waals surface area (Å²) in [5, 5.41) is 4.60. The van der Waals surface area contributed by atoms with Crippen LogP contribution in [0.5, 0.6) is 5.75 Å². The zero-order valence-corrected chi connectivity index (χ0v) is 14.5. The molecular weight excluding hydrogens is 316 g/mol. The van der Waals surface area contributed by atoms with Crippen LogP contribution in [-0.2, 0) is 32.5 Å². The molecule has 1 saturated carbocycles. The van der Waals surface area contributed by atoms with Crippen LogP contribution in [0.25, 0.3) is 0 Å². The van der Waals surface area contributed by atoms with E-state index in [4.69, 9.17) is 4.74 Å². The van der Waals surface area contributed by atoms with Crippen LogP contribution in [0, 0.1) is 5.92 Å². The number of nitrogens with zero attached hydrogens (tertiary/aromatic N) is 4. The van der Waals surface area contributed by atoms with E-state index in [-0.39, 0.29) is 5.69 Å². The Kier molecular flexibility index (Phi) is 3.66. The van der Waals surface area contributed by atoms with Gasteiger partial charge in [-0.2, -0.15) is 5.10 Å². The molecule has 1 aromatic heterocycles. The van der Waals surface area contributed by atoms with Gasteiger partial charge in [-0.25, -0.2) is 9.48 Å². The van der Waals surface area contributed by atoms with E-state index in [9.17, 15) is 4.79 Å². The quantitative estimate of drug-likeness (QED) is 0.845. The molecule has 0 atom stereocenters. The van der Waals surface area contributed by atoms with Crippen molar-refractivity contribution >= 4 is 0 Å². The average Bonchev–Trinajstić information content (AvgIpc) is 3.27. The number of aromatic nitrogens is 3. The molecule has 1 aliphatic carbocycles. The van der Waals surface area contributed by atoms with Crippen molar-refractivity contribution in [2.75, 3.05) is 19.7 Å². The molecule has 0 spiro atoms. The van der Waals surface area contributed by atoms with E-state index in [0.29, 0.717) is 5.92 Å². The van der Waals surface area contributed by atoms with E-state index in [1.807, 2.05) is 4.57 Å². The number of fused-ring (bicyclic) bond motifs is 2. The van der Waals surface area contributed by atoms with Crippen molar-refractivity contribution in [2.45, 2.75) is 45.3 Å². The topological polar surface area (TPSA) is 52.3 Å². The normalized spacial score (nSPS) is 20.0. The number of rotatable bonds is 4. The van der Waals surface area contributed by atoms with Gasteiger partial charge >= 0.3 is 5.69 Å². The second kappa shape index (κ2) is 6.02. The van der Waals surface area contributed by atoms with E-state index in [1.54, 1.807) is 4.68 Å². The van der Waals surface area contributed by atoms with Gasteiger partial charge in [0.05, 0.1) is 6.61 Å². The Bertz CT molecular complexity index is 850. The highest BCUT2D eigenvalue weighted by Gasteiger charge is 2.26. The minimum atomic E-state index is 0.0819. The highest BCUT2D eigenvalue weighted by molar-refractivity contribution is 5.39. The van der Waals surface area contributed by atoms with Crippen LogP contribution in [0.1, 0.15) is 29.8 Å². The first-order chi connectivity index (χ1) is 12.3. The van der Waals surface area contributed by atoms with Gasteiger partial charge in [-0.3, -0.25) is 9.47 Å². The monoisotopic (exact) mass is 340 g/mol. The number of hydrogen-bond donors (Lipinski definition) is 0. The molecule has 6 nitrogen and oxygen atoms in total. The Hall–Kier alpha value is -2.08. The molecule has 2 aromatic rings. The van der Waals surface area contributed by atoms with Gasteiger partial charge in [0.15, 0.2) is 0 Å². The van der Waals surface area contributed by atoms with Gasteiger partial charge in [0.25, 0.3) is 0 Å². The summed E-state index contributed by atoms with van der Waals surface area (Å²) in [6.07, 6.45) is 4.35.